The summed E-state index contributed by atoms with van der Waals surface area (Å²) in [6.45, 7) is 3.85. The SMILES string of the molecule is CC(=O)OCC1O[C@@H](NS(=O)(=O)c2cccc[n+]2C)C(OC(C)=O)[C@@H](OC(C)=O)[C@@H]1OC(C)=O. The Morgan fingerprint density at radius 1 is 0.912 bits per heavy atom. The topological polar surface area (TPSA) is 164 Å². The monoisotopic (exact) mass is 503 g/mol. The number of sulfonamides is 1. The molecule has 1 aromatic heterocycles. The lowest BCUT2D eigenvalue weighted by atomic mass is 9.97. The Kier molecular flexibility index (Phi) is 9.06. The second kappa shape index (κ2) is 11.4. The van der Waals surface area contributed by atoms with Gasteiger partial charge in [-0.3, -0.25) is 19.2 Å². The molecule has 0 bridgehead atoms. The molecule has 13 nitrogen and oxygen atoms in total. The van der Waals surface area contributed by atoms with Crippen molar-refractivity contribution in [1.29, 1.82) is 0 Å². The van der Waals surface area contributed by atoms with Gasteiger partial charge in [-0.15, -0.1) is 0 Å². The van der Waals surface area contributed by atoms with Crippen LogP contribution in [0, 0.1) is 0 Å². The van der Waals surface area contributed by atoms with Crippen LogP contribution in [0.4, 0.5) is 0 Å². The molecule has 2 heterocycles. The van der Waals surface area contributed by atoms with Gasteiger partial charge in [0.25, 0.3) is 0 Å². The first-order valence-corrected chi connectivity index (χ1v) is 11.6. The number of hydrogen-bond donors (Lipinski definition) is 1. The lowest BCUT2D eigenvalue weighted by molar-refractivity contribution is -0.709. The quantitative estimate of drug-likeness (QED) is 0.259. The van der Waals surface area contributed by atoms with Crippen molar-refractivity contribution in [2.75, 3.05) is 6.61 Å². The van der Waals surface area contributed by atoms with Gasteiger partial charge in [0.15, 0.2) is 30.7 Å². The van der Waals surface area contributed by atoms with Crippen LogP contribution in [0.1, 0.15) is 27.7 Å². The molecule has 0 aromatic carbocycles. The molecule has 0 saturated carbocycles. The molecule has 34 heavy (non-hydrogen) atoms. The van der Waals surface area contributed by atoms with Crippen LogP contribution in [0.5, 0.6) is 0 Å². The van der Waals surface area contributed by atoms with E-state index >= 15 is 0 Å². The van der Waals surface area contributed by atoms with Crippen LogP contribution in [-0.2, 0) is 59.9 Å². The van der Waals surface area contributed by atoms with Crippen LogP contribution in [0.3, 0.4) is 0 Å². The number of nitrogens with zero attached hydrogens (tertiary/aromatic N) is 1. The molecule has 0 aliphatic carbocycles. The van der Waals surface area contributed by atoms with Gasteiger partial charge in [-0.2, -0.15) is 9.29 Å². The molecular formula is C20H27N2O11S+. The van der Waals surface area contributed by atoms with E-state index < -0.39 is 71.2 Å². The summed E-state index contributed by atoms with van der Waals surface area (Å²) in [5.41, 5.74) is 0. The summed E-state index contributed by atoms with van der Waals surface area (Å²) in [6.07, 6.45) is -5.81. The fraction of sp³-hybridized carbons (Fsp3) is 0.550. The lowest BCUT2D eigenvalue weighted by Gasteiger charge is -2.44. The van der Waals surface area contributed by atoms with Gasteiger partial charge >= 0.3 is 38.9 Å². The van der Waals surface area contributed by atoms with E-state index in [0.717, 1.165) is 27.7 Å². The summed E-state index contributed by atoms with van der Waals surface area (Å²) in [6, 6.07) is 4.45. The molecule has 5 atom stereocenters. The Bertz CT molecular complexity index is 1040. The highest BCUT2D eigenvalue weighted by Gasteiger charge is 2.53. The molecular weight excluding hydrogens is 476 g/mol. The van der Waals surface area contributed by atoms with E-state index in [-0.39, 0.29) is 5.03 Å². The van der Waals surface area contributed by atoms with Crippen LogP contribution < -0.4 is 9.29 Å². The smallest absolute Gasteiger partial charge is 0.312 e. The molecule has 2 unspecified atom stereocenters. The van der Waals surface area contributed by atoms with E-state index in [9.17, 15) is 27.6 Å². The number of aromatic nitrogens is 1. The Labute approximate surface area is 196 Å². The molecule has 1 aliphatic rings. The number of carbonyl (C=O) groups is 4. The summed E-state index contributed by atoms with van der Waals surface area (Å²) in [7, 11) is -2.76. The minimum Gasteiger partial charge on any atom is -0.463 e. The number of ether oxygens (including phenoxy) is 5. The highest BCUT2D eigenvalue weighted by molar-refractivity contribution is 7.89. The zero-order chi connectivity index (χ0) is 25.6. The fourth-order valence-electron chi connectivity index (χ4n) is 3.32. The van der Waals surface area contributed by atoms with Crippen molar-refractivity contribution in [3.05, 3.63) is 24.4 Å². The van der Waals surface area contributed by atoms with E-state index in [1.165, 1.54) is 29.9 Å². The Morgan fingerprint density at radius 2 is 1.47 bits per heavy atom. The van der Waals surface area contributed by atoms with Gasteiger partial charge in [0.1, 0.15) is 19.8 Å². The van der Waals surface area contributed by atoms with E-state index in [1.807, 2.05) is 0 Å². The minimum absolute atomic E-state index is 0.150. The maximum absolute atomic E-state index is 13.1. The molecule has 2 rings (SSSR count). The highest BCUT2D eigenvalue weighted by atomic mass is 32.2. The Balaban J connectivity index is 2.53. The van der Waals surface area contributed by atoms with E-state index in [4.69, 9.17) is 23.7 Å². The zero-order valence-corrected chi connectivity index (χ0v) is 20.1. The summed E-state index contributed by atoms with van der Waals surface area (Å²) in [5, 5.41) is -0.150. The normalized spacial score (nSPS) is 24.6. The van der Waals surface area contributed by atoms with E-state index in [2.05, 4.69) is 4.72 Å². The molecule has 1 fully saturated rings. The molecule has 0 amide bonds. The first kappa shape index (κ1) is 27.1. The first-order valence-electron chi connectivity index (χ1n) is 10.1. The van der Waals surface area contributed by atoms with Gasteiger partial charge in [0.05, 0.1) is 0 Å². The van der Waals surface area contributed by atoms with Crippen LogP contribution in [0.2, 0.25) is 0 Å². The second-order valence-electron chi connectivity index (χ2n) is 7.39. The van der Waals surface area contributed by atoms with Gasteiger partial charge < -0.3 is 23.7 Å². The van der Waals surface area contributed by atoms with Crippen molar-refractivity contribution < 1.29 is 55.8 Å². The largest absolute Gasteiger partial charge is 0.463 e. The van der Waals surface area contributed by atoms with Crippen molar-refractivity contribution >= 4 is 33.9 Å². The number of esters is 4. The van der Waals surface area contributed by atoms with Crippen molar-refractivity contribution in [3.8, 4) is 0 Å². The summed E-state index contributed by atoms with van der Waals surface area (Å²) >= 11 is 0. The van der Waals surface area contributed by atoms with Gasteiger partial charge in [-0.1, -0.05) is 0 Å². The maximum Gasteiger partial charge on any atom is 0.312 e. The summed E-state index contributed by atoms with van der Waals surface area (Å²) in [5.74, 6) is -3.16. The van der Waals surface area contributed by atoms with Crippen LogP contribution in [-0.4, -0.2) is 69.5 Å². The van der Waals surface area contributed by atoms with Gasteiger partial charge in [-0.25, -0.2) is 8.42 Å². The lowest BCUT2D eigenvalue weighted by Crippen LogP contribution is -2.66. The first-order chi connectivity index (χ1) is 15.8. The summed E-state index contributed by atoms with van der Waals surface area (Å²) < 4.78 is 56.2. The fourth-order valence-corrected chi connectivity index (χ4v) is 4.64. The number of rotatable bonds is 8. The predicted molar refractivity (Wildman–Crippen MR) is 110 cm³/mol. The third kappa shape index (κ3) is 7.20. The van der Waals surface area contributed by atoms with Gasteiger partial charge in [-0.05, 0) is 6.07 Å². The number of hydrogen-bond acceptors (Lipinski definition) is 11. The number of aryl methyl sites for hydroxylation is 1. The molecule has 1 N–H and O–H groups in total. The molecule has 1 aliphatic heterocycles. The van der Waals surface area contributed by atoms with Gasteiger partial charge in [0, 0.05) is 39.8 Å². The van der Waals surface area contributed by atoms with Crippen LogP contribution in [0.25, 0.3) is 0 Å². The number of pyridine rings is 1. The highest BCUT2D eigenvalue weighted by Crippen LogP contribution is 2.29. The minimum atomic E-state index is -4.27. The Hall–Kier alpha value is -3.10. The molecule has 14 heteroatoms. The molecule has 0 radical (unpaired) electrons. The maximum atomic E-state index is 13.1. The third-order valence-electron chi connectivity index (χ3n) is 4.54. The molecule has 188 valence electrons. The average molecular weight is 504 g/mol. The molecule has 1 aromatic rings. The standard InChI is InChI=1S/C20H27N2O11S/c1-11(23)29-10-15-17(30-12(2)24)18(31-13(3)25)19(32-14(4)26)20(33-15)21-34(27,28)16-8-6-7-9-22(16)5/h6-9,15,17-21H,10H2,1-5H3/q+1/t15?,17-,18+,19?,20-/m1/s1. The van der Waals surface area contributed by atoms with Crippen molar-refractivity contribution in [2.45, 2.75) is 63.4 Å². The third-order valence-corrected chi connectivity index (χ3v) is 6.06. The van der Waals surface area contributed by atoms with Crippen LogP contribution in [0.15, 0.2) is 29.4 Å². The predicted octanol–water partition coefficient (Wildman–Crippen LogP) is -1.13. The number of nitrogens with one attached hydrogen (secondary N) is 1. The van der Waals surface area contributed by atoms with Crippen molar-refractivity contribution in [2.24, 2.45) is 7.05 Å². The summed E-state index contributed by atoms with van der Waals surface area (Å²) in [4.78, 5) is 46.8. The number of carbonyl (C=O) groups excluding carboxylic acids is 4. The second-order valence-corrected chi connectivity index (χ2v) is 9.05. The average Bonchev–Trinajstić information content (AvgIpc) is 2.70. The van der Waals surface area contributed by atoms with Crippen molar-refractivity contribution in [1.82, 2.24) is 4.72 Å². The Morgan fingerprint density at radius 3 is 2.00 bits per heavy atom. The van der Waals surface area contributed by atoms with E-state index in [0.29, 0.717) is 0 Å². The molecule has 1 saturated heterocycles. The van der Waals surface area contributed by atoms with Crippen LogP contribution >= 0.6 is 0 Å². The van der Waals surface area contributed by atoms with E-state index in [1.54, 1.807) is 6.07 Å². The molecule has 0 spiro atoms. The zero-order valence-electron chi connectivity index (χ0n) is 19.2. The van der Waals surface area contributed by atoms with Crippen molar-refractivity contribution in [3.63, 3.8) is 0 Å². The van der Waals surface area contributed by atoms with Gasteiger partial charge in [0.2, 0.25) is 0 Å².